The Hall–Kier alpha value is -2.69. The van der Waals surface area contributed by atoms with Crippen LogP contribution in [-0.4, -0.2) is 21.8 Å². The Morgan fingerprint density at radius 3 is 2.50 bits per heavy atom. The molecule has 0 fully saturated rings. The molecule has 0 aliphatic carbocycles. The quantitative estimate of drug-likeness (QED) is 0.865. The van der Waals surface area contributed by atoms with E-state index in [1.165, 1.54) is 25.3 Å². The number of ether oxygens (including phenoxy) is 1. The first-order valence-electron chi connectivity index (χ1n) is 5.96. The van der Waals surface area contributed by atoms with Crippen LogP contribution >= 0.6 is 0 Å². The fraction of sp³-hybridized carbons (Fsp3) is 0.133. The van der Waals surface area contributed by atoms with Crippen LogP contribution in [0.2, 0.25) is 0 Å². The van der Waals surface area contributed by atoms with Gasteiger partial charge < -0.3 is 9.84 Å². The van der Waals surface area contributed by atoms with Crippen molar-refractivity contribution in [1.29, 1.82) is 0 Å². The fourth-order valence-electron chi connectivity index (χ4n) is 1.62. The molecule has 0 unspecified atom stereocenters. The van der Waals surface area contributed by atoms with Crippen molar-refractivity contribution in [2.24, 2.45) is 0 Å². The lowest BCUT2D eigenvalue weighted by Crippen LogP contribution is -1.99. The van der Waals surface area contributed by atoms with E-state index in [1.807, 2.05) is 6.92 Å². The number of aryl methyl sites for hydroxylation is 1. The number of carboxylic acids is 1. The number of Topliss-reactive ketones (excluding diaryl/α,β-unsaturated/α-hetero) is 1. The van der Waals surface area contributed by atoms with Gasteiger partial charge in [-0.25, -0.2) is 9.78 Å². The first kappa shape index (κ1) is 13.7. The molecule has 0 radical (unpaired) electrons. The molecule has 5 heteroatoms. The van der Waals surface area contributed by atoms with Gasteiger partial charge in [-0.2, -0.15) is 0 Å². The number of ketones is 1. The molecule has 0 aliphatic rings. The lowest BCUT2D eigenvalue weighted by molar-refractivity contribution is 0.0696. The number of nitrogens with zero attached hydrogens (tertiary/aromatic N) is 1. The molecule has 1 N–H and O–H groups in total. The average Bonchev–Trinajstić information content (AvgIpc) is 2.41. The predicted molar refractivity (Wildman–Crippen MR) is 72.5 cm³/mol. The van der Waals surface area contributed by atoms with E-state index in [4.69, 9.17) is 9.84 Å². The maximum atomic E-state index is 11.1. The topological polar surface area (TPSA) is 76.5 Å². The minimum absolute atomic E-state index is 0.124. The molecule has 0 spiro atoms. The van der Waals surface area contributed by atoms with Crippen LogP contribution < -0.4 is 4.74 Å². The molecule has 102 valence electrons. The number of benzene rings is 1. The van der Waals surface area contributed by atoms with Gasteiger partial charge in [0.25, 0.3) is 0 Å². The molecule has 5 nitrogen and oxygen atoms in total. The number of aromatic nitrogens is 1. The molecule has 1 aromatic carbocycles. The van der Waals surface area contributed by atoms with Crippen molar-refractivity contribution in [3.63, 3.8) is 0 Å². The van der Waals surface area contributed by atoms with Crippen molar-refractivity contribution in [3.05, 3.63) is 53.3 Å². The van der Waals surface area contributed by atoms with Crippen LogP contribution in [0.3, 0.4) is 0 Å². The summed E-state index contributed by atoms with van der Waals surface area (Å²) in [5.41, 5.74) is 1.32. The van der Waals surface area contributed by atoms with Gasteiger partial charge in [0.05, 0.1) is 11.8 Å². The Labute approximate surface area is 115 Å². The Kier molecular flexibility index (Phi) is 3.79. The van der Waals surface area contributed by atoms with E-state index in [9.17, 15) is 9.59 Å². The van der Waals surface area contributed by atoms with Crippen molar-refractivity contribution in [2.75, 3.05) is 0 Å². The van der Waals surface area contributed by atoms with Crippen molar-refractivity contribution in [3.8, 4) is 11.5 Å². The molecule has 2 rings (SSSR count). The third-order valence-corrected chi connectivity index (χ3v) is 2.76. The third-order valence-electron chi connectivity index (χ3n) is 2.76. The summed E-state index contributed by atoms with van der Waals surface area (Å²) in [6, 6.07) is 7.83. The van der Waals surface area contributed by atoms with Gasteiger partial charge in [0, 0.05) is 6.92 Å². The molecule has 0 atom stereocenters. The minimum Gasteiger partial charge on any atom is -0.478 e. The van der Waals surface area contributed by atoms with Crippen LogP contribution in [0.1, 0.15) is 33.3 Å². The van der Waals surface area contributed by atoms with Crippen LogP contribution in [0.5, 0.6) is 11.5 Å². The van der Waals surface area contributed by atoms with Crippen molar-refractivity contribution in [1.82, 2.24) is 4.98 Å². The highest BCUT2D eigenvalue weighted by Crippen LogP contribution is 2.25. The van der Waals surface area contributed by atoms with Gasteiger partial charge in [-0.3, -0.25) is 4.79 Å². The van der Waals surface area contributed by atoms with Gasteiger partial charge in [-0.1, -0.05) is 6.07 Å². The summed E-state index contributed by atoms with van der Waals surface area (Å²) in [5.74, 6) is -0.247. The van der Waals surface area contributed by atoms with Crippen molar-refractivity contribution >= 4 is 11.8 Å². The highest BCUT2D eigenvalue weighted by atomic mass is 16.5. The summed E-state index contributed by atoms with van der Waals surface area (Å²) in [7, 11) is 0. The molecule has 1 heterocycles. The molecule has 0 amide bonds. The van der Waals surface area contributed by atoms with Gasteiger partial charge in [-0.15, -0.1) is 0 Å². The fourth-order valence-corrected chi connectivity index (χ4v) is 1.62. The zero-order valence-corrected chi connectivity index (χ0v) is 11.1. The smallest absolute Gasteiger partial charge is 0.335 e. The summed E-state index contributed by atoms with van der Waals surface area (Å²) >= 11 is 0. The van der Waals surface area contributed by atoms with Crippen molar-refractivity contribution < 1.29 is 19.4 Å². The van der Waals surface area contributed by atoms with E-state index in [0.717, 1.165) is 5.56 Å². The summed E-state index contributed by atoms with van der Waals surface area (Å²) < 4.78 is 5.60. The summed E-state index contributed by atoms with van der Waals surface area (Å²) in [6.07, 6.45) is 1.43. The normalized spacial score (nSPS) is 10.1. The Morgan fingerprint density at radius 1 is 1.20 bits per heavy atom. The zero-order valence-electron chi connectivity index (χ0n) is 11.1. The highest BCUT2D eigenvalue weighted by molar-refractivity contribution is 5.92. The molecule has 20 heavy (non-hydrogen) atoms. The SMILES string of the molecule is CC(=O)c1ccc(Oc2cc(C(=O)O)ccc2C)cn1. The second-order valence-corrected chi connectivity index (χ2v) is 4.32. The van der Waals surface area contributed by atoms with Crippen LogP contribution in [0.4, 0.5) is 0 Å². The number of aromatic carboxylic acids is 1. The maximum Gasteiger partial charge on any atom is 0.335 e. The molecule has 0 saturated heterocycles. The number of carboxylic acid groups (broad SMARTS) is 1. The van der Waals surface area contributed by atoms with Crippen LogP contribution in [0, 0.1) is 6.92 Å². The van der Waals surface area contributed by atoms with Gasteiger partial charge in [0.2, 0.25) is 0 Å². The van der Waals surface area contributed by atoms with E-state index in [-0.39, 0.29) is 11.3 Å². The third kappa shape index (κ3) is 3.00. The Morgan fingerprint density at radius 2 is 1.95 bits per heavy atom. The number of carbonyl (C=O) groups excluding carboxylic acids is 1. The average molecular weight is 271 g/mol. The Balaban J connectivity index is 2.27. The molecule has 2 aromatic rings. The molecular weight excluding hydrogens is 258 g/mol. The number of hydrogen-bond acceptors (Lipinski definition) is 4. The molecular formula is C15H13NO4. The second-order valence-electron chi connectivity index (χ2n) is 4.32. The van der Waals surface area contributed by atoms with Crippen LogP contribution in [0.25, 0.3) is 0 Å². The number of pyridine rings is 1. The summed E-state index contributed by atoms with van der Waals surface area (Å²) in [5, 5.41) is 8.96. The van der Waals surface area contributed by atoms with E-state index in [2.05, 4.69) is 4.98 Å². The predicted octanol–water partition coefficient (Wildman–Crippen LogP) is 3.08. The second kappa shape index (κ2) is 5.52. The zero-order chi connectivity index (χ0) is 14.7. The number of hydrogen-bond donors (Lipinski definition) is 1. The lowest BCUT2D eigenvalue weighted by atomic mass is 10.1. The van der Waals surface area contributed by atoms with E-state index in [1.54, 1.807) is 18.2 Å². The molecule has 0 bridgehead atoms. The minimum atomic E-state index is -1.01. The number of carbonyl (C=O) groups is 2. The highest BCUT2D eigenvalue weighted by Gasteiger charge is 2.08. The summed E-state index contributed by atoms with van der Waals surface area (Å²) in [4.78, 5) is 26.0. The van der Waals surface area contributed by atoms with E-state index in [0.29, 0.717) is 17.2 Å². The monoisotopic (exact) mass is 271 g/mol. The van der Waals surface area contributed by atoms with Crippen LogP contribution in [-0.2, 0) is 0 Å². The Bertz CT molecular complexity index is 662. The van der Waals surface area contributed by atoms with Crippen molar-refractivity contribution in [2.45, 2.75) is 13.8 Å². The van der Waals surface area contributed by atoms with Gasteiger partial charge in [0.15, 0.2) is 5.78 Å². The van der Waals surface area contributed by atoms with Gasteiger partial charge in [-0.05, 0) is 36.8 Å². The summed E-state index contributed by atoms with van der Waals surface area (Å²) in [6.45, 7) is 3.25. The van der Waals surface area contributed by atoms with Crippen LogP contribution in [0.15, 0.2) is 36.5 Å². The first-order chi connectivity index (χ1) is 9.47. The van der Waals surface area contributed by atoms with E-state index < -0.39 is 5.97 Å². The number of rotatable bonds is 4. The first-order valence-corrected chi connectivity index (χ1v) is 5.96. The standard InChI is InChI=1S/C15H13NO4/c1-9-3-4-11(15(18)19)7-14(9)20-12-5-6-13(10(2)17)16-8-12/h3-8H,1-2H3,(H,18,19). The lowest BCUT2D eigenvalue weighted by Gasteiger charge is -2.09. The maximum absolute atomic E-state index is 11.1. The van der Waals surface area contributed by atoms with Gasteiger partial charge >= 0.3 is 5.97 Å². The molecule has 0 saturated carbocycles. The van der Waals surface area contributed by atoms with Gasteiger partial charge in [0.1, 0.15) is 17.2 Å². The molecule has 1 aromatic heterocycles. The van der Waals surface area contributed by atoms with E-state index >= 15 is 0 Å². The molecule has 0 aliphatic heterocycles. The largest absolute Gasteiger partial charge is 0.478 e.